The van der Waals surface area contributed by atoms with Crippen molar-refractivity contribution in [1.82, 2.24) is 9.21 Å². The van der Waals surface area contributed by atoms with Crippen molar-refractivity contribution in [3.05, 3.63) is 29.8 Å². The first-order valence-corrected chi connectivity index (χ1v) is 8.75. The molecule has 3 aliphatic rings. The molecule has 0 aromatic heterocycles. The van der Waals surface area contributed by atoms with Crippen LogP contribution in [-0.2, 0) is 10.0 Å². The first kappa shape index (κ1) is 13.1. The van der Waals surface area contributed by atoms with Crippen LogP contribution in [0, 0.1) is 12.3 Å². The molecule has 0 N–H and O–H groups in total. The monoisotopic (exact) mass is 306 g/mol. The molecule has 1 atom stereocenters. The number of sulfonamides is 1. The highest BCUT2D eigenvalue weighted by atomic mass is 32.2. The number of benzene rings is 1. The molecule has 21 heavy (non-hydrogen) atoms. The fourth-order valence-electron chi connectivity index (χ4n) is 3.54. The zero-order chi connectivity index (χ0) is 14.8. The number of amides is 2. The van der Waals surface area contributed by atoms with Gasteiger partial charge in [0.05, 0.1) is 17.5 Å². The van der Waals surface area contributed by atoms with Gasteiger partial charge in [-0.1, -0.05) is 17.7 Å². The smallest absolute Gasteiger partial charge is 0.318 e. The predicted molar refractivity (Wildman–Crippen MR) is 77.2 cm³/mol. The molecule has 112 valence electrons. The van der Waals surface area contributed by atoms with Crippen LogP contribution in [0.2, 0.25) is 0 Å². The average molecular weight is 306 g/mol. The summed E-state index contributed by atoms with van der Waals surface area (Å²) in [5, 5.41) is 0. The zero-order valence-corrected chi connectivity index (χ0v) is 12.8. The summed E-state index contributed by atoms with van der Waals surface area (Å²) in [6.45, 7) is 2.94. The summed E-state index contributed by atoms with van der Waals surface area (Å²) in [5.41, 5.74) is 1.32. The molecule has 6 heteroatoms. The van der Waals surface area contributed by atoms with E-state index in [1.807, 2.05) is 6.92 Å². The second-order valence-corrected chi connectivity index (χ2v) is 8.48. The van der Waals surface area contributed by atoms with E-state index in [1.165, 1.54) is 12.8 Å². The quantitative estimate of drug-likeness (QED) is 0.839. The maximum Gasteiger partial charge on any atom is 0.334 e. The highest BCUT2D eigenvalue weighted by Crippen LogP contribution is 2.56. The van der Waals surface area contributed by atoms with Crippen LogP contribution >= 0.6 is 0 Å². The van der Waals surface area contributed by atoms with E-state index >= 15 is 0 Å². The lowest BCUT2D eigenvalue weighted by Crippen LogP contribution is -2.37. The fourth-order valence-corrected chi connectivity index (χ4v) is 4.96. The Morgan fingerprint density at radius 2 is 1.86 bits per heavy atom. The molecule has 1 aliphatic carbocycles. The molecule has 1 saturated carbocycles. The van der Waals surface area contributed by atoms with Crippen molar-refractivity contribution in [2.45, 2.75) is 37.1 Å². The standard InChI is InChI=1S/C15H18N2O3S/c1-11-2-4-13(5-3-11)21(19,20)17-9-12-8-15(6-7-15)10-16(12)14(17)18/h2-5,12H,6-10H2,1H3. The minimum atomic E-state index is -3.72. The summed E-state index contributed by atoms with van der Waals surface area (Å²) in [6, 6.07) is 6.39. The fraction of sp³-hybridized carbons (Fsp3) is 0.533. The Bertz CT molecular complexity index is 707. The van der Waals surface area contributed by atoms with Crippen LogP contribution in [0.1, 0.15) is 24.8 Å². The molecule has 2 saturated heterocycles. The highest BCUT2D eigenvalue weighted by Gasteiger charge is 2.58. The number of urea groups is 1. The van der Waals surface area contributed by atoms with Gasteiger partial charge in [0.2, 0.25) is 0 Å². The van der Waals surface area contributed by atoms with E-state index in [2.05, 4.69) is 0 Å². The van der Waals surface area contributed by atoms with Gasteiger partial charge < -0.3 is 4.90 Å². The molecule has 4 rings (SSSR count). The molecule has 3 fully saturated rings. The number of rotatable bonds is 2. The number of hydrogen-bond donors (Lipinski definition) is 0. The van der Waals surface area contributed by atoms with Gasteiger partial charge in [0.1, 0.15) is 0 Å². The van der Waals surface area contributed by atoms with E-state index in [9.17, 15) is 13.2 Å². The Balaban J connectivity index is 1.62. The van der Waals surface area contributed by atoms with E-state index in [0.717, 1.165) is 22.8 Å². The zero-order valence-electron chi connectivity index (χ0n) is 11.9. The van der Waals surface area contributed by atoms with E-state index in [-0.39, 0.29) is 17.0 Å². The van der Waals surface area contributed by atoms with E-state index in [1.54, 1.807) is 29.2 Å². The number of carbonyl (C=O) groups excluding carboxylic acids is 1. The lowest BCUT2D eigenvalue weighted by atomic mass is 10.0. The summed E-state index contributed by atoms with van der Waals surface area (Å²) in [6.07, 6.45) is 3.31. The van der Waals surface area contributed by atoms with Crippen molar-refractivity contribution in [2.24, 2.45) is 5.41 Å². The topological polar surface area (TPSA) is 57.7 Å². The number of fused-ring (bicyclic) bond motifs is 1. The first-order valence-electron chi connectivity index (χ1n) is 7.31. The van der Waals surface area contributed by atoms with Crippen molar-refractivity contribution in [2.75, 3.05) is 13.1 Å². The van der Waals surface area contributed by atoms with Gasteiger partial charge in [0.25, 0.3) is 10.0 Å². The Morgan fingerprint density at radius 1 is 1.19 bits per heavy atom. The Morgan fingerprint density at radius 3 is 2.43 bits per heavy atom. The predicted octanol–water partition coefficient (Wildman–Crippen LogP) is 1.97. The third-order valence-corrected chi connectivity index (χ3v) is 6.77. The van der Waals surface area contributed by atoms with Gasteiger partial charge in [-0.3, -0.25) is 0 Å². The van der Waals surface area contributed by atoms with E-state index < -0.39 is 10.0 Å². The normalized spacial score (nSPS) is 26.5. The van der Waals surface area contributed by atoms with Crippen LogP contribution in [0.25, 0.3) is 0 Å². The third-order valence-electron chi connectivity index (χ3n) is 5.02. The summed E-state index contributed by atoms with van der Waals surface area (Å²) in [4.78, 5) is 14.4. The van der Waals surface area contributed by atoms with Gasteiger partial charge in [-0.05, 0) is 43.7 Å². The molecule has 1 aromatic carbocycles. The van der Waals surface area contributed by atoms with Gasteiger partial charge in [0.15, 0.2) is 0 Å². The number of nitrogens with zero attached hydrogens (tertiary/aromatic N) is 2. The van der Waals surface area contributed by atoms with Crippen LogP contribution in [-0.4, -0.2) is 42.8 Å². The second kappa shape index (κ2) is 4.00. The number of hydrogen-bond acceptors (Lipinski definition) is 3. The minimum Gasteiger partial charge on any atom is -0.318 e. The lowest BCUT2D eigenvalue weighted by molar-refractivity contribution is 0.204. The van der Waals surface area contributed by atoms with Crippen molar-refractivity contribution in [3.8, 4) is 0 Å². The molecule has 2 aliphatic heterocycles. The maximum absolute atomic E-state index is 12.6. The molecule has 1 spiro atoms. The van der Waals surface area contributed by atoms with Gasteiger partial charge >= 0.3 is 6.03 Å². The molecule has 1 aromatic rings. The summed E-state index contributed by atoms with van der Waals surface area (Å²) in [7, 11) is -3.72. The molecule has 2 amide bonds. The van der Waals surface area contributed by atoms with Crippen LogP contribution < -0.4 is 0 Å². The summed E-state index contributed by atoms with van der Waals surface area (Å²) >= 11 is 0. The van der Waals surface area contributed by atoms with Crippen LogP contribution in [0.5, 0.6) is 0 Å². The molecule has 1 unspecified atom stereocenters. The molecular formula is C15H18N2O3S. The molecule has 2 heterocycles. The third kappa shape index (κ3) is 1.88. The van der Waals surface area contributed by atoms with E-state index in [0.29, 0.717) is 12.0 Å². The van der Waals surface area contributed by atoms with Crippen LogP contribution in [0.4, 0.5) is 4.79 Å². The highest BCUT2D eigenvalue weighted by molar-refractivity contribution is 7.89. The Labute approximate surface area is 124 Å². The van der Waals surface area contributed by atoms with Crippen molar-refractivity contribution < 1.29 is 13.2 Å². The van der Waals surface area contributed by atoms with Gasteiger partial charge in [-0.15, -0.1) is 0 Å². The van der Waals surface area contributed by atoms with Gasteiger partial charge in [-0.2, -0.15) is 0 Å². The van der Waals surface area contributed by atoms with Crippen LogP contribution in [0.15, 0.2) is 29.2 Å². The molecule has 5 nitrogen and oxygen atoms in total. The summed E-state index contributed by atoms with van der Waals surface area (Å²) in [5.74, 6) is 0. The van der Waals surface area contributed by atoms with Gasteiger partial charge in [-0.25, -0.2) is 17.5 Å². The van der Waals surface area contributed by atoms with E-state index in [4.69, 9.17) is 0 Å². The maximum atomic E-state index is 12.6. The van der Waals surface area contributed by atoms with Crippen molar-refractivity contribution in [1.29, 1.82) is 0 Å². The van der Waals surface area contributed by atoms with Crippen molar-refractivity contribution in [3.63, 3.8) is 0 Å². The van der Waals surface area contributed by atoms with Crippen molar-refractivity contribution >= 4 is 16.1 Å². The Hall–Kier alpha value is -1.56. The number of carbonyl (C=O) groups is 1. The minimum absolute atomic E-state index is 0.0697. The molecule has 0 radical (unpaired) electrons. The molecular weight excluding hydrogens is 288 g/mol. The number of aryl methyl sites for hydroxylation is 1. The van der Waals surface area contributed by atoms with Gasteiger partial charge in [0, 0.05) is 6.54 Å². The SMILES string of the molecule is Cc1ccc(S(=O)(=O)N2CC3CC4(CC4)CN3C2=O)cc1. The lowest BCUT2D eigenvalue weighted by Gasteiger charge is -2.19. The Kier molecular flexibility index (Phi) is 2.50. The van der Waals surface area contributed by atoms with Crippen LogP contribution in [0.3, 0.4) is 0 Å². The summed E-state index contributed by atoms with van der Waals surface area (Å²) < 4.78 is 26.3. The average Bonchev–Trinajstić information content (AvgIpc) is 2.98. The molecule has 0 bridgehead atoms. The second-order valence-electron chi connectivity index (χ2n) is 6.62. The largest absolute Gasteiger partial charge is 0.334 e. The first-order chi connectivity index (χ1) is 9.91.